The molecule has 1 aromatic heterocycles. The maximum absolute atomic E-state index is 12.7. The third-order valence-electron chi connectivity index (χ3n) is 4.59. The number of thioether (sulfide) groups is 1. The Morgan fingerprint density at radius 1 is 1.14 bits per heavy atom. The molecule has 152 valence electrons. The van der Waals surface area contributed by atoms with Crippen LogP contribution in [-0.4, -0.2) is 33.1 Å². The number of aromatic nitrogens is 3. The first kappa shape index (κ1) is 20.7. The van der Waals surface area contributed by atoms with Gasteiger partial charge in [-0.05, 0) is 63.1 Å². The van der Waals surface area contributed by atoms with E-state index in [1.807, 2.05) is 52.0 Å². The smallest absolute Gasteiger partial charge is 0.237 e. The summed E-state index contributed by atoms with van der Waals surface area (Å²) < 4.78 is 6.57. The highest BCUT2D eigenvalue weighted by atomic mass is 32.2. The molecule has 0 radical (unpaired) electrons. The molecule has 2 aromatic carbocycles. The first-order chi connectivity index (χ1) is 13.8. The van der Waals surface area contributed by atoms with Crippen molar-refractivity contribution in [2.45, 2.75) is 38.1 Å². The Morgan fingerprint density at radius 3 is 2.34 bits per heavy atom. The second-order valence-electron chi connectivity index (χ2n) is 6.93. The van der Waals surface area contributed by atoms with E-state index in [9.17, 15) is 4.79 Å². The maximum Gasteiger partial charge on any atom is 0.237 e. The lowest BCUT2D eigenvalue weighted by molar-refractivity contribution is -0.115. The molecule has 3 aromatic rings. The van der Waals surface area contributed by atoms with Crippen molar-refractivity contribution in [3.63, 3.8) is 0 Å². The second-order valence-corrected chi connectivity index (χ2v) is 8.24. The molecular weight excluding hydrogens is 386 g/mol. The molecule has 0 bridgehead atoms. The van der Waals surface area contributed by atoms with Gasteiger partial charge < -0.3 is 15.9 Å². The molecule has 7 nitrogen and oxygen atoms in total. The van der Waals surface area contributed by atoms with Gasteiger partial charge in [0, 0.05) is 11.3 Å². The zero-order valence-electron chi connectivity index (χ0n) is 17.2. The molecular formula is C21H25N5O2S. The lowest BCUT2D eigenvalue weighted by atomic mass is 10.1. The number of nitrogen functional groups attached to an aromatic ring is 1. The highest BCUT2D eigenvalue weighted by molar-refractivity contribution is 8.00. The Balaban J connectivity index is 1.73. The highest BCUT2D eigenvalue weighted by Crippen LogP contribution is 2.28. The van der Waals surface area contributed by atoms with Gasteiger partial charge in [0.2, 0.25) is 11.1 Å². The molecule has 0 spiro atoms. The van der Waals surface area contributed by atoms with Crippen molar-refractivity contribution in [1.29, 1.82) is 0 Å². The molecule has 0 aliphatic rings. The topological polar surface area (TPSA) is 95.1 Å². The molecule has 3 rings (SSSR count). The van der Waals surface area contributed by atoms with Crippen LogP contribution in [0, 0.1) is 20.8 Å². The van der Waals surface area contributed by atoms with Crippen LogP contribution in [0.2, 0.25) is 0 Å². The predicted molar refractivity (Wildman–Crippen MR) is 117 cm³/mol. The Labute approximate surface area is 174 Å². The van der Waals surface area contributed by atoms with Gasteiger partial charge in [-0.3, -0.25) is 4.79 Å². The van der Waals surface area contributed by atoms with Crippen molar-refractivity contribution >= 4 is 23.4 Å². The fourth-order valence-corrected chi connectivity index (χ4v) is 3.88. The predicted octanol–water partition coefficient (Wildman–Crippen LogP) is 3.71. The molecule has 0 unspecified atom stereocenters. The van der Waals surface area contributed by atoms with Gasteiger partial charge in [0.1, 0.15) is 5.75 Å². The monoisotopic (exact) mass is 411 g/mol. The highest BCUT2D eigenvalue weighted by Gasteiger charge is 2.21. The van der Waals surface area contributed by atoms with Crippen LogP contribution < -0.4 is 15.9 Å². The van der Waals surface area contributed by atoms with Crippen LogP contribution in [0.4, 0.5) is 5.69 Å². The molecule has 0 aliphatic heterocycles. The number of anilines is 1. The maximum atomic E-state index is 12.7. The van der Waals surface area contributed by atoms with Gasteiger partial charge in [0.25, 0.3) is 0 Å². The van der Waals surface area contributed by atoms with Gasteiger partial charge >= 0.3 is 0 Å². The number of aryl methyl sites for hydroxylation is 3. The number of ether oxygens (including phenoxy) is 1. The first-order valence-corrected chi connectivity index (χ1v) is 10.1. The summed E-state index contributed by atoms with van der Waals surface area (Å²) in [6, 6.07) is 11.5. The van der Waals surface area contributed by atoms with E-state index in [-0.39, 0.29) is 5.91 Å². The molecule has 0 fully saturated rings. The molecule has 1 amide bonds. The van der Waals surface area contributed by atoms with E-state index >= 15 is 0 Å². The largest absolute Gasteiger partial charge is 0.497 e. The summed E-state index contributed by atoms with van der Waals surface area (Å²) in [6.07, 6.45) is 0. The number of hydrogen-bond acceptors (Lipinski definition) is 6. The number of nitrogens with one attached hydrogen (secondary N) is 1. The third kappa shape index (κ3) is 4.54. The van der Waals surface area contributed by atoms with Crippen LogP contribution >= 0.6 is 11.8 Å². The fraction of sp³-hybridized carbons (Fsp3) is 0.286. The van der Waals surface area contributed by atoms with Crippen LogP contribution in [0.1, 0.15) is 23.6 Å². The van der Waals surface area contributed by atoms with Gasteiger partial charge in [-0.2, -0.15) is 0 Å². The summed E-state index contributed by atoms with van der Waals surface area (Å²) in [6.45, 7) is 7.84. The number of carbonyl (C=O) groups is 1. The van der Waals surface area contributed by atoms with E-state index in [2.05, 4.69) is 27.6 Å². The van der Waals surface area contributed by atoms with Crippen LogP contribution in [0.15, 0.2) is 41.6 Å². The average Bonchev–Trinajstić information content (AvgIpc) is 3.04. The minimum Gasteiger partial charge on any atom is -0.497 e. The van der Waals surface area contributed by atoms with E-state index < -0.39 is 5.25 Å². The Hall–Kier alpha value is -3.00. The molecule has 1 atom stereocenters. The summed E-state index contributed by atoms with van der Waals surface area (Å²) >= 11 is 1.26. The molecule has 1 heterocycles. The number of benzene rings is 2. The van der Waals surface area contributed by atoms with Crippen LogP contribution in [-0.2, 0) is 4.79 Å². The third-order valence-corrected chi connectivity index (χ3v) is 5.65. The van der Waals surface area contributed by atoms with E-state index in [1.165, 1.54) is 22.0 Å². The fourth-order valence-electron chi connectivity index (χ4n) is 3.11. The summed E-state index contributed by atoms with van der Waals surface area (Å²) in [5.41, 5.74) is 4.91. The van der Waals surface area contributed by atoms with Crippen molar-refractivity contribution in [2.24, 2.45) is 0 Å². The quantitative estimate of drug-likeness (QED) is 0.474. The normalized spacial score (nSPS) is 11.9. The average molecular weight is 412 g/mol. The van der Waals surface area contributed by atoms with E-state index in [0.29, 0.717) is 11.0 Å². The number of hydrogen-bond donors (Lipinski definition) is 2. The summed E-state index contributed by atoms with van der Waals surface area (Å²) in [5, 5.41) is 11.4. The standard InChI is InChI=1S/C21H25N5O2S/c1-12-10-13(2)18(14(3)11-12)23-20(27)15(4)29-21-25-24-19(26(21)22)16-6-8-17(28-5)9-7-16/h6-11,15H,22H2,1-5H3,(H,23,27)/t15-/m1/s1. The lowest BCUT2D eigenvalue weighted by Crippen LogP contribution is -2.24. The molecule has 0 saturated carbocycles. The lowest BCUT2D eigenvalue weighted by Gasteiger charge is -2.16. The Morgan fingerprint density at radius 2 is 1.76 bits per heavy atom. The first-order valence-electron chi connectivity index (χ1n) is 9.20. The van der Waals surface area contributed by atoms with Gasteiger partial charge in [-0.15, -0.1) is 10.2 Å². The van der Waals surface area contributed by atoms with Gasteiger partial charge in [0.05, 0.1) is 12.4 Å². The molecule has 29 heavy (non-hydrogen) atoms. The van der Waals surface area contributed by atoms with Gasteiger partial charge in [-0.1, -0.05) is 29.5 Å². The van der Waals surface area contributed by atoms with Gasteiger partial charge in [0.15, 0.2) is 5.82 Å². The number of nitrogens with two attached hydrogens (primary N) is 1. The van der Waals surface area contributed by atoms with Crippen molar-refractivity contribution in [2.75, 3.05) is 18.3 Å². The zero-order chi connectivity index (χ0) is 21.1. The number of rotatable bonds is 6. The second kappa shape index (κ2) is 8.57. The molecule has 0 aliphatic carbocycles. The molecule has 3 N–H and O–H groups in total. The van der Waals surface area contributed by atoms with E-state index in [1.54, 1.807) is 7.11 Å². The zero-order valence-corrected chi connectivity index (χ0v) is 18.0. The van der Waals surface area contributed by atoms with Crippen LogP contribution in [0.25, 0.3) is 11.4 Å². The number of carbonyl (C=O) groups excluding carboxylic acids is 1. The summed E-state index contributed by atoms with van der Waals surface area (Å²) in [7, 11) is 1.61. The van der Waals surface area contributed by atoms with Crippen LogP contribution in [0.3, 0.4) is 0 Å². The summed E-state index contributed by atoms with van der Waals surface area (Å²) in [4.78, 5) is 12.7. The molecule has 0 saturated heterocycles. The van der Waals surface area contributed by atoms with E-state index in [4.69, 9.17) is 10.6 Å². The minimum atomic E-state index is -0.398. The Kier molecular flexibility index (Phi) is 6.12. The summed E-state index contributed by atoms with van der Waals surface area (Å²) in [5.74, 6) is 7.34. The van der Waals surface area contributed by atoms with Crippen molar-refractivity contribution in [3.05, 3.63) is 53.1 Å². The number of methoxy groups -OCH3 is 1. The van der Waals surface area contributed by atoms with Crippen molar-refractivity contribution < 1.29 is 9.53 Å². The van der Waals surface area contributed by atoms with Gasteiger partial charge in [-0.25, -0.2) is 4.68 Å². The Bertz CT molecular complexity index is 1010. The molecule has 8 heteroatoms. The van der Waals surface area contributed by atoms with Crippen molar-refractivity contribution in [1.82, 2.24) is 14.9 Å². The van der Waals surface area contributed by atoms with Crippen LogP contribution in [0.5, 0.6) is 5.75 Å². The number of amides is 1. The SMILES string of the molecule is COc1ccc(-c2nnc(S[C@H](C)C(=O)Nc3c(C)cc(C)cc3C)n2N)cc1. The van der Waals surface area contributed by atoms with Crippen molar-refractivity contribution in [3.8, 4) is 17.1 Å². The number of nitrogens with zero attached hydrogens (tertiary/aromatic N) is 3. The van der Waals surface area contributed by atoms with E-state index in [0.717, 1.165) is 28.1 Å². The minimum absolute atomic E-state index is 0.112.